The Morgan fingerprint density at radius 1 is 1.43 bits per heavy atom. The van der Waals surface area contributed by atoms with E-state index in [1.165, 1.54) is 6.07 Å². The van der Waals surface area contributed by atoms with Crippen LogP contribution < -0.4 is 15.4 Å². The molecular weight excluding hydrogens is 275 g/mol. The van der Waals surface area contributed by atoms with Crippen molar-refractivity contribution in [2.24, 2.45) is 0 Å². The SMILES string of the molecule is CCNC(=O)C(C)Oc1ccc(CNCCOC)cc1F. The van der Waals surface area contributed by atoms with Crippen molar-refractivity contribution in [1.82, 2.24) is 10.6 Å². The van der Waals surface area contributed by atoms with Crippen LogP contribution in [-0.4, -0.2) is 38.8 Å². The Balaban J connectivity index is 2.55. The molecule has 118 valence electrons. The molecule has 1 rings (SSSR count). The second-order valence-corrected chi connectivity index (χ2v) is 4.59. The summed E-state index contributed by atoms with van der Waals surface area (Å²) in [4.78, 5) is 11.5. The molecule has 1 amide bonds. The minimum Gasteiger partial charge on any atom is -0.478 e. The molecule has 6 heteroatoms. The van der Waals surface area contributed by atoms with E-state index in [0.29, 0.717) is 26.2 Å². The number of halogens is 1. The molecule has 2 N–H and O–H groups in total. The van der Waals surface area contributed by atoms with Crippen molar-refractivity contribution in [1.29, 1.82) is 0 Å². The summed E-state index contributed by atoms with van der Waals surface area (Å²) in [6.45, 7) is 5.77. The molecule has 0 radical (unpaired) electrons. The van der Waals surface area contributed by atoms with Gasteiger partial charge in [0.05, 0.1) is 6.61 Å². The summed E-state index contributed by atoms with van der Waals surface area (Å²) < 4.78 is 24.2. The lowest BCUT2D eigenvalue weighted by molar-refractivity contribution is -0.127. The first kappa shape index (κ1) is 17.4. The molecule has 21 heavy (non-hydrogen) atoms. The Morgan fingerprint density at radius 3 is 2.81 bits per heavy atom. The van der Waals surface area contributed by atoms with Crippen molar-refractivity contribution in [3.05, 3.63) is 29.6 Å². The highest BCUT2D eigenvalue weighted by Crippen LogP contribution is 2.19. The molecule has 0 fully saturated rings. The molecule has 0 aromatic heterocycles. The number of hydrogen-bond donors (Lipinski definition) is 2. The molecule has 0 aliphatic heterocycles. The number of rotatable bonds is 9. The maximum Gasteiger partial charge on any atom is 0.260 e. The summed E-state index contributed by atoms with van der Waals surface area (Å²) in [5, 5.41) is 5.76. The van der Waals surface area contributed by atoms with Crippen LogP contribution >= 0.6 is 0 Å². The van der Waals surface area contributed by atoms with Gasteiger partial charge < -0.3 is 20.1 Å². The van der Waals surface area contributed by atoms with E-state index in [-0.39, 0.29) is 11.7 Å². The van der Waals surface area contributed by atoms with Crippen LogP contribution in [0.3, 0.4) is 0 Å². The van der Waals surface area contributed by atoms with E-state index in [4.69, 9.17) is 9.47 Å². The zero-order valence-electron chi connectivity index (χ0n) is 12.7. The van der Waals surface area contributed by atoms with Crippen molar-refractivity contribution < 1.29 is 18.7 Å². The fraction of sp³-hybridized carbons (Fsp3) is 0.533. The lowest BCUT2D eigenvalue weighted by Gasteiger charge is -2.15. The molecule has 0 bridgehead atoms. The first-order valence-corrected chi connectivity index (χ1v) is 7.01. The molecule has 0 saturated heterocycles. The Morgan fingerprint density at radius 2 is 2.19 bits per heavy atom. The second kappa shape index (κ2) is 9.31. The number of methoxy groups -OCH3 is 1. The Labute approximate surface area is 124 Å². The van der Waals surface area contributed by atoms with E-state index >= 15 is 0 Å². The average molecular weight is 298 g/mol. The largest absolute Gasteiger partial charge is 0.478 e. The van der Waals surface area contributed by atoms with Crippen molar-refractivity contribution >= 4 is 5.91 Å². The standard InChI is InChI=1S/C15H23FN2O3/c1-4-18-15(19)11(2)21-14-6-5-12(9-13(14)16)10-17-7-8-20-3/h5-6,9,11,17H,4,7-8,10H2,1-3H3,(H,18,19). The summed E-state index contributed by atoms with van der Waals surface area (Å²) in [6.07, 6.45) is -0.731. The van der Waals surface area contributed by atoms with E-state index in [2.05, 4.69) is 10.6 Å². The summed E-state index contributed by atoms with van der Waals surface area (Å²) in [5.41, 5.74) is 0.807. The number of benzene rings is 1. The summed E-state index contributed by atoms with van der Waals surface area (Å²) in [6, 6.07) is 4.71. The van der Waals surface area contributed by atoms with Crippen molar-refractivity contribution in [2.75, 3.05) is 26.8 Å². The first-order valence-electron chi connectivity index (χ1n) is 7.01. The van der Waals surface area contributed by atoms with E-state index in [1.54, 1.807) is 26.2 Å². The second-order valence-electron chi connectivity index (χ2n) is 4.59. The fourth-order valence-corrected chi connectivity index (χ4v) is 1.72. The number of ether oxygens (including phenoxy) is 2. The number of carbonyl (C=O) groups is 1. The molecule has 1 aromatic rings. The third-order valence-corrected chi connectivity index (χ3v) is 2.83. The molecule has 0 aliphatic carbocycles. The highest BCUT2D eigenvalue weighted by Gasteiger charge is 2.15. The van der Waals surface area contributed by atoms with Crippen LogP contribution in [0.25, 0.3) is 0 Å². The van der Waals surface area contributed by atoms with Crippen LogP contribution in [0, 0.1) is 5.82 Å². The molecule has 0 aliphatic rings. The maximum atomic E-state index is 13.9. The van der Waals surface area contributed by atoms with Gasteiger partial charge in [0.1, 0.15) is 0 Å². The van der Waals surface area contributed by atoms with Gasteiger partial charge in [-0.15, -0.1) is 0 Å². The molecule has 1 unspecified atom stereocenters. The number of carbonyl (C=O) groups excluding carboxylic acids is 1. The summed E-state index contributed by atoms with van der Waals surface area (Å²) >= 11 is 0. The van der Waals surface area contributed by atoms with Crippen LogP contribution in [0.15, 0.2) is 18.2 Å². The Bertz CT molecular complexity index is 455. The third kappa shape index (κ3) is 6.10. The third-order valence-electron chi connectivity index (χ3n) is 2.83. The van der Waals surface area contributed by atoms with Crippen LogP contribution in [-0.2, 0) is 16.1 Å². The van der Waals surface area contributed by atoms with Crippen molar-refractivity contribution in [2.45, 2.75) is 26.5 Å². The molecule has 0 spiro atoms. The molecular formula is C15H23FN2O3. The van der Waals surface area contributed by atoms with Crippen LogP contribution in [0.1, 0.15) is 19.4 Å². The first-order chi connectivity index (χ1) is 10.1. The van der Waals surface area contributed by atoms with Gasteiger partial charge in [0.2, 0.25) is 0 Å². The van der Waals surface area contributed by atoms with Gasteiger partial charge in [0, 0.05) is 26.7 Å². The van der Waals surface area contributed by atoms with Crippen LogP contribution in [0.5, 0.6) is 5.75 Å². The average Bonchev–Trinajstić information content (AvgIpc) is 2.46. The number of hydrogen-bond acceptors (Lipinski definition) is 4. The lowest BCUT2D eigenvalue weighted by atomic mass is 10.2. The van der Waals surface area contributed by atoms with Gasteiger partial charge in [-0.2, -0.15) is 0 Å². The molecule has 1 aromatic carbocycles. The van der Waals surface area contributed by atoms with Crippen LogP contribution in [0.2, 0.25) is 0 Å². The van der Waals surface area contributed by atoms with Crippen LogP contribution in [0.4, 0.5) is 4.39 Å². The fourth-order valence-electron chi connectivity index (χ4n) is 1.72. The Kier molecular flexibility index (Phi) is 7.71. The lowest BCUT2D eigenvalue weighted by Crippen LogP contribution is -2.36. The quantitative estimate of drug-likeness (QED) is 0.678. The maximum absolute atomic E-state index is 13.9. The van der Waals surface area contributed by atoms with Crippen molar-refractivity contribution in [3.63, 3.8) is 0 Å². The molecule has 1 atom stereocenters. The summed E-state index contributed by atoms with van der Waals surface area (Å²) in [7, 11) is 1.63. The molecule has 5 nitrogen and oxygen atoms in total. The normalized spacial score (nSPS) is 12.0. The highest BCUT2D eigenvalue weighted by molar-refractivity contribution is 5.80. The zero-order chi connectivity index (χ0) is 15.7. The minimum absolute atomic E-state index is 0.0781. The van der Waals surface area contributed by atoms with E-state index < -0.39 is 11.9 Å². The van der Waals surface area contributed by atoms with Gasteiger partial charge in [-0.05, 0) is 31.5 Å². The highest BCUT2D eigenvalue weighted by atomic mass is 19.1. The molecule has 0 saturated carbocycles. The van der Waals surface area contributed by atoms with Gasteiger partial charge in [-0.1, -0.05) is 6.07 Å². The van der Waals surface area contributed by atoms with Gasteiger partial charge in [-0.25, -0.2) is 4.39 Å². The van der Waals surface area contributed by atoms with Gasteiger partial charge in [0.15, 0.2) is 17.7 Å². The van der Waals surface area contributed by atoms with Gasteiger partial charge >= 0.3 is 0 Å². The van der Waals surface area contributed by atoms with Gasteiger partial charge in [-0.3, -0.25) is 4.79 Å². The number of likely N-dealkylation sites (N-methyl/N-ethyl adjacent to an activating group) is 1. The van der Waals surface area contributed by atoms with E-state index in [1.807, 2.05) is 6.92 Å². The monoisotopic (exact) mass is 298 g/mol. The number of amides is 1. The predicted molar refractivity (Wildman–Crippen MR) is 78.8 cm³/mol. The Hall–Kier alpha value is -1.66. The predicted octanol–water partition coefficient (Wildman–Crippen LogP) is 1.47. The molecule has 0 heterocycles. The van der Waals surface area contributed by atoms with E-state index in [0.717, 1.165) is 5.56 Å². The zero-order valence-corrected chi connectivity index (χ0v) is 12.7. The van der Waals surface area contributed by atoms with Crippen molar-refractivity contribution in [3.8, 4) is 5.75 Å². The topological polar surface area (TPSA) is 59.6 Å². The number of nitrogens with one attached hydrogen (secondary N) is 2. The van der Waals surface area contributed by atoms with Gasteiger partial charge in [0.25, 0.3) is 5.91 Å². The van der Waals surface area contributed by atoms with E-state index in [9.17, 15) is 9.18 Å². The summed E-state index contributed by atoms with van der Waals surface area (Å²) in [5.74, 6) is -0.659. The minimum atomic E-state index is -0.731. The smallest absolute Gasteiger partial charge is 0.260 e.